The molecular formula is C17H19ClN2O2S2. The van der Waals surface area contributed by atoms with Crippen molar-refractivity contribution in [3.63, 3.8) is 0 Å². The Labute approximate surface area is 155 Å². The second kappa shape index (κ2) is 7.85. The van der Waals surface area contributed by atoms with Crippen molar-refractivity contribution in [2.24, 2.45) is 0 Å². The molecule has 0 bridgehead atoms. The molecule has 0 unspecified atom stereocenters. The standard InChI is InChI=1S/C17H19ClN2O2S2/c1-13(21)22-16-19-8-9-20(16)12-17(23-10-11-24-17)7-6-14-2-4-15(18)5-3-14/h2-5,8-9H,6-7,10-12H2,1H3. The van der Waals surface area contributed by atoms with Crippen molar-refractivity contribution in [2.45, 2.75) is 30.4 Å². The zero-order valence-corrected chi connectivity index (χ0v) is 15.8. The Bertz CT molecular complexity index is 697. The van der Waals surface area contributed by atoms with E-state index in [1.165, 1.54) is 12.5 Å². The van der Waals surface area contributed by atoms with E-state index in [0.717, 1.165) is 35.9 Å². The number of carbonyl (C=O) groups is 1. The molecule has 0 saturated carbocycles. The molecule has 1 aliphatic heterocycles. The van der Waals surface area contributed by atoms with Crippen molar-refractivity contribution in [2.75, 3.05) is 11.5 Å². The molecule has 1 aromatic heterocycles. The Balaban J connectivity index is 1.70. The van der Waals surface area contributed by atoms with Gasteiger partial charge in [0, 0.05) is 35.8 Å². The van der Waals surface area contributed by atoms with Crippen molar-refractivity contribution >= 4 is 41.1 Å². The number of carbonyl (C=O) groups excluding carboxylic acids is 1. The lowest BCUT2D eigenvalue weighted by Crippen LogP contribution is -2.26. The van der Waals surface area contributed by atoms with Crippen molar-refractivity contribution in [1.29, 1.82) is 0 Å². The number of hydrogen-bond acceptors (Lipinski definition) is 5. The summed E-state index contributed by atoms with van der Waals surface area (Å²) in [5, 5.41) is 0.766. The van der Waals surface area contributed by atoms with Crippen molar-refractivity contribution in [3.8, 4) is 6.01 Å². The molecule has 24 heavy (non-hydrogen) atoms. The number of thioether (sulfide) groups is 2. The van der Waals surface area contributed by atoms with E-state index in [2.05, 4.69) is 17.1 Å². The molecule has 1 fully saturated rings. The topological polar surface area (TPSA) is 44.1 Å². The highest BCUT2D eigenvalue weighted by atomic mass is 35.5. The maximum absolute atomic E-state index is 11.2. The summed E-state index contributed by atoms with van der Waals surface area (Å²) in [6.07, 6.45) is 5.59. The third-order valence-corrected chi connectivity index (χ3v) is 7.60. The molecule has 4 nitrogen and oxygen atoms in total. The molecule has 7 heteroatoms. The van der Waals surface area contributed by atoms with Crippen molar-refractivity contribution < 1.29 is 9.53 Å². The lowest BCUT2D eigenvalue weighted by Gasteiger charge is -2.28. The van der Waals surface area contributed by atoms with E-state index in [4.69, 9.17) is 16.3 Å². The predicted molar refractivity (Wildman–Crippen MR) is 101 cm³/mol. The van der Waals surface area contributed by atoms with Crippen molar-refractivity contribution in [1.82, 2.24) is 9.55 Å². The average Bonchev–Trinajstić information content (AvgIpc) is 3.17. The molecule has 0 atom stereocenters. The summed E-state index contributed by atoms with van der Waals surface area (Å²) < 4.78 is 7.21. The zero-order valence-electron chi connectivity index (χ0n) is 13.4. The smallest absolute Gasteiger partial charge is 0.310 e. The number of rotatable bonds is 6. The summed E-state index contributed by atoms with van der Waals surface area (Å²) >= 11 is 9.93. The minimum Gasteiger partial charge on any atom is -0.392 e. The highest BCUT2D eigenvalue weighted by Crippen LogP contribution is 2.48. The summed E-state index contributed by atoms with van der Waals surface area (Å²) in [5.41, 5.74) is 1.29. The summed E-state index contributed by atoms with van der Waals surface area (Å²) in [6.45, 7) is 2.17. The minimum atomic E-state index is -0.343. The first kappa shape index (κ1) is 17.7. The van der Waals surface area contributed by atoms with Gasteiger partial charge in [-0.3, -0.25) is 9.36 Å². The van der Waals surface area contributed by atoms with Gasteiger partial charge in [0.2, 0.25) is 0 Å². The Morgan fingerprint density at radius 3 is 2.71 bits per heavy atom. The van der Waals surface area contributed by atoms with Crippen LogP contribution in [0, 0.1) is 0 Å². The number of nitrogens with zero attached hydrogens (tertiary/aromatic N) is 2. The summed E-state index contributed by atoms with van der Waals surface area (Å²) in [7, 11) is 0. The summed E-state index contributed by atoms with van der Waals surface area (Å²) in [4.78, 5) is 15.4. The van der Waals surface area contributed by atoms with Gasteiger partial charge in [-0.05, 0) is 30.5 Å². The fraction of sp³-hybridized carbons (Fsp3) is 0.412. The van der Waals surface area contributed by atoms with Crippen LogP contribution in [-0.2, 0) is 17.8 Å². The van der Waals surface area contributed by atoms with Crippen LogP contribution in [0.4, 0.5) is 0 Å². The second-order valence-corrected chi connectivity index (χ2v) is 9.32. The first-order valence-electron chi connectivity index (χ1n) is 7.78. The third kappa shape index (κ3) is 4.49. The maximum atomic E-state index is 11.2. The largest absolute Gasteiger partial charge is 0.392 e. The van der Waals surface area contributed by atoms with Crippen LogP contribution < -0.4 is 4.74 Å². The molecule has 0 N–H and O–H groups in total. The predicted octanol–water partition coefficient (Wildman–Crippen LogP) is 4.27. The number of halogens is 1. The zero-order chi connectivity index (χ0) is 17.0. The first-order valence-corrected chi connectivity index (χ1v) is 10.1. The molecule has 0 radical (unpaired) electrons. The molecule has 1 aromatic carbocycles. The number of imidazole rings is 1. The Morgan fingerprint density at radius 2 is 2.04 bits per heavy atom. The van der Waals surface area contributed by atoms with Gasteiger partial charge in [-0.2, -0.15) is 0 Å². The number of benzene rings is 1. The van der Waals surface area contributed by atoms with E-state index in [1.54, 1.807) is 6.20 Å². The van der Waals surface area contributed by atoms with Gasteiger partial charge in [0.05, 0.1) is 10.6 Å². The molecular weight excluding hydrogens is 364 g/mol. The van der Waals surface area contributed by atoms with Crippen LogP contribution in [0.3, 0.4) is 0 Å². The molecule has 128 valence electrons. The second-order valence-electron chi connectivity index (χ2n) is 5.67. The molecule has 1 aliphatic rings. The van der Waals surface area contributed by atoms with Gasteiger partial charge in [0.15, 0.2) is 0 Å². The number of esters is 1. The molecule has 2 aromatic rings. The number of hydrogen-bond donors (Lipinski definition) is 0. The van der Waals surface area contributed by atoms with Crippen LogP contribution >= 0.6 is 35.1 Å². The lowest BCUT2D eigenvalue weighted by molar-refractivity contribution is -0.132. The van der Waals surface area contributed by atoms with Crippen LogP contribution in [0.1, 0.15) is 18.9 Å². The maximum Gasteiger partial charge on any atom is 0.310 e. The van der Waals surface area contributed by atoms with Gasteiger partial charge in [0.25, 0.3) is 0 Å². The van der Waals surface area contributed by atoms with E-state index in [0.29, 0.717) is 6.01 Å². The van der Waals surface area contributed by atoms with E-state index >= 15 is 0 Å². The highest BCUT2D eigenvalue weighted by molar-refractivity contribution is 8.21. The normalized spacial score (nSPS) is 16.2. The summed E-state index contributed by atoms with van der Waals surface area (Å²) in [5.74, 6) is 1.94. The lowest BCUT2D eigenvalue weighted by atomic mass is 10.1. The quantitative estimate of drug-likeness (QED) is 0.698. The molecule has 0 aliphatic carbocycles. The molecule has 2 heterocycles. The SMILES string of the molecule is CC(=O)Oc1nccn1CC1(CCc2ccc(Cl)cc2)SCCS1. The van der Waals surface area contributed by atoms with Gasteiger partial charge < -0.3 is 4.74 Å². The van der Waals surface area contributed by atoms with Crippen LogP contribution in [-0.4, -0.2) is 31.1 Å². The van der Waals surface area contributed by atoms with E-state index in [-0.39, 0.29) is 10.0 Å². The van der Waals surface area contributed by atoms with Gasteiger partial charge in [0.1, 0.15) is 0 Å². The Morgan fingerprint density at radius 1 is 1.33 bits per heavy atom. The Kier molecular flexibility index (Phi) is 5.79. The highest BCUT2D eigenvalue weighted by Gasteiger charge is 2.36. The first-order chi connectivity index (χ1) is 11.6. The fourth-order valence-electron chi connectivity index (χ4n) is 2.71. The molecule has 3 rings (SSSR count). The van der Waals surface area contributed by atoms with Crippen LogP contribution in [0.2, 0.25) is 5.02 Å². The van der Waals surface area contributed by atoms with E-state index in [1.807, 2.05) is 46.4 Å². The molecule has 0 amide bonds. The number of aromatic nitrogens is 2. The number of ether oxygens (including phenoxy) is 1. The van der Waals surface area contributed by atoms with Crippen LogP contribution in [0.15, 0.2) is 36.7 Å². The fourth-order valence-corrected chi connectivity index (χ4v) is 6.03. The van der Waals surface area contributed by atoms with Gasteiger partial charge in [-0.1, -0.05) is 23.7 Å². The Hall–Kier alpha value is -1.11. The van der Waals surface area contributed by atoms with Crippen LogP contribution in [0.5, 0.6) is 6.01 Å². The van der Waals surface area contributed by atoms with Gasteiger partial charge in [-0.25, -0.2) is 4.98 Å². The monoisotopic (exact) mass is 382 g/mol. The van der Waals surface area contributed by atoms with E-state index < -0.39 is 0 Å². The van der Waals surface area contributed by atoms with Gasteiger partial charge in [-0.15, -0.1) is 23.5 Å². The average molecular weight is 383 g/mol. The summed E-state index contributed by atoms with van der Waals surface area (Å²) in [6, 6.07) is 8.42. The molecule has 1 saturated heterocycles. The minimum absolute atomic E-state index is 0.0786. The number of aryl methyl sites for hydroxylation is 1. The van der Waals surface area contributed by atoms with E-state index in [9.17, 15) is 4.79 Å². The van der Waals surface area contributed by atoms with Gasteiger partial charge >= 0.3 is 12.0 Å². The molecule has 0 spiro atoms. The van der Waals surface area contributed by atoms with Crippen molar-refractivity contribution in [3.05, 3.63) is 47.2 Å². The van der Waals surface area contributed by atoms with Crippen LogP contribution in [0.25, 0.3) is 0 Å². The third-order valence-electron chi connectivity index (χ3n) is 3.84.